The van der Waals surface area contributed by atoms with Crippen LogP contribution in [0.3, 0.4) is 0 Å². The Bertz CT molecular complexity index is 805. The van der Waals surface area contributed by atoms with Crippen LogP contribution in [0.15, 0.2) is 54.6 Å². The van der Waals surface area contributed by atoms with E-state index in [-0.39, 0.29) is 29.6 Å². The lowest BCUT2D eigenvalue weighted by molar-refractivity contribution is -0.122. The minimum atomic E-state index is -0.326. The van der Waals surface area contributed by atoms with Crippen molar-refractivity contribution < 1.29 is 14.4 Å². The molecule has 0 spiro atoms. The van der Waals surface area contributed by atoms with Crippen LogP contribution in [-0.4, -0.2) is 17.7 Å². The molecule has 1 aliphatic carbocycles. The summed E-state index contributed by atoms with van der Waals surface area (Å²) in [5.74, 6) is -1.14. The van der Waals surface area contributed by atoms with E-state index < -0.39 is 0 Å². The SMILES string of the molecule is CC(=O)Nc1cccc(NC(=O)C2CC2C(=O)Nc2ccccc2)c1. The molecule has 1 fully saturated rings. The Balaban J connectivity index is 1.55. The summed E-state index contributed by atoms with van der Waals surface area (Å²) in [6, 6.07) is 16.1. The second kappa shape index (κ2) is 7.17. The Morgan fingerprint density at radius 3 is 1.88 bits per heavy atom. The maximum atomic E-state index is 12.3. The maximum absolute atomic E-state index is 12.3. The van der Waals surface area contributed by atoms with Gasteiger partial charge in [0.2, 0.25) is 17.7 Å². The van der Waals surface area contributed by atoms with Gasteiger partial charge >= 0.3 is 0 Å². The van der Waals surface area contributed by atoms with Gasteiger partial charge in [0.25, 0.3) is 0 Å². The Morgan fingerprint density at radius 1 is 0.760 bits per heavy atom. The summed E-state index contributed by atoms with van der Waals surface area (Å²) >= 11 is 0. The van der Waals surface area contributed by atoms with E-state index in [0.717, 1.165) is 5.69 Å². The number of benzene rings is 2. The molecular formula is C19H19N3O3. The topological polar surface area (TPSA) is 87.3 Å². The van der Waals surface area contributed by atoms with E-state index in [1.54, 1.807) is 24.3 Å². The van der Waals surface area contributed by atoms with Gasteiger partial charge in [-0.1, -0.05) is 24.3 Å². The molecule has 0 heterocycles. The summed E-state index contributed by atoms with van der Waals surface area (Å²) in [6.07, 6.45) is 0.538. The second-order valence-electron chi connectivity index (χ2n) is 6.06. The average Bonchev–Trinajstić information content (AvgIpc) is 3.36. The van der Waals surface area contributed by atoms with Crippen molar-refractivity contribution >= 4 is 34.8 Å². The van der Waals surface area contributed by atoms with Crippen LogP contribution < -0.4 is 16.0 Å². The van der Waals surface area contributed by atoms with E-state index in [1.165, 1.54) is 6.92 Å². The first-order chi connectivity index (χ1) is 12.0. The molecule has 1 aliphatic rings. The highest BCUT2D eigenvalue weighted by molar-refractivity contribution is 6.03. The third-order valence-electron chi connectivity index (χ3n) is 3.96. The van der Waals surface area contributed by atoms with Gasteiger partial charge in [0.15, 0.2) is 0 Å². The highest BCUT2D eigenvalue weighted by Crippen LogP contribution is 2.40. The molecule has 0 saturated heterocycles. The van der Waals surface area contributed by atoms with Crippen molar-refractivity contribution in [2.24, 2.45) is 11.8 Å². The molecule has 0 bridgehead atoms. The van der Waals surface area contributed by atoms with Gasteiger partial charge in [-0.25, -0.2) is 0 Å². The van der Waals surface area contributed by atoms with Gasteiger partial charge in [-0.05, 0) is 36.8 Å². The number of anilines is 3. The van der Waals surface area contributed by atoms with E-state index in [4.69, 9.17) is 0 Å². The van der Waals surface area contributed by atoms with Crippen LogP contribution in [0.1, 0.15) is 13.3 Å². The first-order valence-electron chi connectivity index (χ1n) is 8.07. The molecule has 0 radical (unpaired) electrons. The molecule has 3 amide bonds. The molecule has 1 saturated carbocycles. The number of para-hydroxylation sites is 1. The molecule has 2 aromatic rings. The molecule has 2 atom stereocenters. The average molecular weight is 337 g/mol. The molecule has 2 aromatic carbocycles. The quantitative estimate of drug-likeness (QED) is 0.784. The van der Waals surface area contributed by atoms with Crippen LogP contribution in [0.2, 0.25) is 0 Å². The minimum Gasteiger partial charge on any atom is -0.326 e. The molecule has 6 heteroatoms. The molecule has 6 nitrogen and oxygen atoms in total. The van der Waals surface area contributed by atoms with Crippen LogP contribution in [0.4, 0.5) is 17.1 Å². The Morgan fingerprint density at radius 2 is 1.28 bits per heavy atom. The lowest BCUT2D eigenvalue weighted by atomic mass is 10.2. The predicted molar refractivity (Wildman–Crippen MR) is 96.0 cm³/mol. The number of hydrogen-bond donors (Lipinski definition) is 3. The van der Waals surface area contributed by atoms with Crippen molar-refractivity contribution in [2.75, 3.05) is 16.0 Å². The summed E-state index contributed by atoms with van der Waals surface area (Å²) in [5.41, 5.74) is 1.92. The zero-order valence-corrected chi connectivity index (χ0v) is 13.8. The maximum Gasteiger partial charge on any atom is 0.228 e. The molecule has 3 rings (SSSR count). The largest absolute Gasteiger partial charge is 0.326 e. The highest BCUT2D eigenvalue weighted by Gasteiger charge is 2.48. The first kappa shape index (κ1) is 16.7. The molecular weight excluding hydrogens is 318 g/mol. The Labute approximate surface area is 145 Å². The van der Waals surface area contributed by atoms with Crippen molar-refractivity contribution in [3.05, 3.63) is 54.6 Å². The fourth-order valence-corrected chi connectivity index (χ4v) is 2.64. The van der Waals surface area contributed by atoms with Crippen LogP contribution >= 0.6 is 0 Å². The summed E-state index contributed by atoms with van der Waals surface area (Å²) in [5, 5.41) is 8.28. The molecule has 25 heavy (non-hydrogen) atoms. The van der Waals surface area contributed by atoms with Gasteiger partial charge in [-0.15, -0.1) is 0 Å². The van der Waals surface area contributed by atoms with Crippen LogP contribution in [0.5, 0.6) is 0 Å². The number of nitrogens with one attached hydrogen (secondary N) is 3. The van der Waals surface area contributed by atoms with E-state index in [9.17, 15) is 14.4 Å². The standard InChI is InChI=1S/C19H19N3O3/c1-12(23)20-14-8-5-9-15(10-14)22-19(25)17-11-16(17)18(24)21-13-6-3-2-4-7-13/h2-10,16-17H,11H2,1H3,(H,20,23)(H,21,24)(H,22,25). The first-order valence-corrected chi connectivity index (χ1v) is 8.07. The minimum absolute atomic E-state index is 0.140. The third-order valence-corrected chi connectivity index (χ3v) is 3.96. The van der Waals surface area contributed by atoms with Crippen LogP contribution in [0.25, 0.3) is 0 Å². The fraction of sp³-hybridized carbons (Fsp3) is 0.211. The van der Waals surface area contributed by atoms with Crippen molar-refractivity contribution in [2.45, 2.75) is 13.3 Å². The zero-order chi connectivity index (χ0) is 17.8. The van der Waals surface area contributed by atoms with Crippen molar-refractivity contribution in [3.8, 4) is 0 Å². The molecule has 0 aromatic heterocycles. The zero-order valence-electron chi connectivity index (χ0n) is 13.8. The predicted octanol–water partition coefficient (Wildman–Crippen LogP) is 2.86. The monoisotopic (exact) mass is 337 g/mol. The molecule has 128 valence electrons. The van der Waals surface area contributed by atoms with Gasteiger partial charge in [-0.3, -0.25) is 14.4 Å². The molecule has 2 unspecified atom stereocenters. The summed E-state index contributed by atoms with van der Waals surface area (Å²) < 4.78 is 0. The van der Waals surface area contributed by atoms with E-state index in [0.29, 0.717) is 17.8 Å². The smallest absolute Gasteiger partial charge is 0.228 e. The molecule has 0 aliphatic heterocycles. The van der Waals surface area contributed by atoms with Gasteiger partial charge in [0.1, 0.15) is 0 Å². The number of hydrogen-bond acceptors (Lipinski definition) is 3. The lowest BCUT2D eigenvalue weighted by Crippen LogP contribution is -2.20. The summed E-state index contributed by atoms with van der Waals surface area (Å²) in [7, 11) is 0. The van der Waals surface area contributed by atoms with Crippen molar-refractivity contribution in [3.63, 3.8) is 0 Å². The summed E-state index contributed by atoms with van der Waals surface area (Å²) in [4.78, 5) is 35.6. The molecule has 3 N–H and O–H groups in total. The van der Waals surface area contributed by atoms with Gasteiger partial charge in [0.05, 0.1) is 11.8 Å². The normalized spacial score (nSPS) is 18.1. The summed E-state index contributed by atoms with van der Waals surface area (Å²) in [6.45, 7) is 1.42. The number of rotatable bonds is 5. The number of carbonyl (C=O) groups excluding carboxylic acids is 3. The van der Waals surface area contributed by atoms with Gasteiger partial charge in [0, 0.05) is 24.0 Å². The Kier molecular flexibility index (Phi) is 4.79. The van der Waals surface area contributed by atoms with Gasteiger partial charge in [-0.2, -0.15) is 0 Å². The Hall–Kier alpha value is -3.15. The second-order valence-corrected chi connectivity index (χ2v) is 6.06. The van der Waals surface area contributed by atoms with E-state index in [1.807, 2.05) is 30.3 Å². The lowest BCUT2D eigenvalue weighted by Gasteiger charge is -2.08. The van der Waals surface area contributed by atoms with Crippen LogP contribution in [-0.2, 0) is 14.4 Å². The number of carbonyl (C=O) groups is 3. The highest BCUT2D eigenvalue weighted by atomic mass is 16.2. The van der Waals surface area contributed by atoms with Crippen molar-refractivity contribution in [1.29, 1.82) is 0 Å². The number of amides is 3. The van der Waals surface area contributed by atoms with Crippen molar-refractivity contribution in [1.82, 2.24) is 0 Å². The van der Waals surface area contributed by atoms with Crippen LogP contribution in [0, 0.1) is 11.8 Å². The third kappa shape index (κ3) is 4.44. The van der Waals surface area contributed by atoms with E-state index >= 15 is 0 Å². The van der Waals surface area contributed by atoms with Gasteiger partial charge < -0.3 is 16.0 Å². The fourth-order valence-electron chi connectivity index (χ4n) is 2.64. The van der Waals surface area contributed by atoms with E-state index in [2.05, 4.69) is 16.0 Å².